The molecular formula is C19H28N2O6S. The van der Waals surface area contributed by atoms with Gasteiger partial charge >= 0.3 is 5.97 Å². The quantitative estimate of drug-likeness (QED) is 0.484. The smallest absolute Gasteiger partial charge is 0.325 e. The molecule has 1 saturated heterocycles. The number of ether oxygens (including phenoxy) is 1. The summed E-state index contributed by atoms with van der Waals surface area (Å²) in [7, 11) is -3.99. The summed E-state index contributed by atoms with van der Waals surface area (Å²) in [5.74, 6) is -1.28. The first kappa shape index (κ1) is 22.3. The number of nitrogens with one attached hydrogen (secondary N) is 1. The van der Waals surface area contributed by atoms with E-state index >= 15 is 0 Å². The summed E-state index contributed by atoms with van der Waals surface area (Å²) in [6, 6.07) is 3.55. The van der Waals surface area contributed by atoms with E-state index in [1.807, 2.05) is 13.8 Å². The Morgan fingerprint density at radius 1 is 1.29 bits per heavy atom. The minimum atomic E-state index is -3.99. The summed E-state index contributed by atoms with van der Waals surface area (Å²) in [5.41, 5.74) is 1.76. The number of sulfonamides is 1. The molecule has 28 heavy (non-hydrogen) atoms. The van der Waals surface area contributed by atoms with E-state index in [0.717, 1.165) is 28.3 Å². The van der Waals surface area contributed by atoms with Crippen LogP contribution in [-0.4, -0.2) is 61.5 Å². The number of carbonyl (C=O) groups is 2. The number of aliphatic hydroxyl groups is 1. The third-order valence-electron chi connectivity index (χ3n) is 4.79. The summed E-state index contributed by atoms with van der Waals surface area (Å²) in [6.07, 6.45) is 0.694. The summed E-state index contributed by atoms with van der Waals surface area (Å²) in [5, 5.41) is 12.6. The van der Waals surface area contributed by atoms with Gasteiger partial charge in [0.25, 0.3) is 5.91 Å². The molecule has 2 atom stereocenters. The van der Waals surface area contributed by atoms with Crippen molar-refractivity contribution in [3.8, 4) is 0 Å². The van der Waals surface area contributed by atoms with Crippen LogP contribution in [-0.2, 0) is 24.3 Å². The van der Waals surface area contributed by atoms with E-state index in [4.69, 9.17) is 4.74 Å². The van der Waals surface area contributed by atoms with Gasteiger partial charge in [-0.25, -0.2) is 8.42 Å². The lowest BCUT2D eigenvalue weighted by Crippen LogP contribution is -2.42. The molecule has 1 aromatic carbocycles. The summed E-state index contributed by atoms with van der Waals surface area (Å²) in [6.45, 7) is 5.47. The third kappa shape index (κ3) is 5.30. The number of carbonyl (C=O) groups excluding carboxylic acids is 2. The molecule has 1 aliphatic rings. The molecule has 9 heteroatoms. The fourth-order valence-corrected chi connectivity index (χ4v) is 4.67. The third-order valence-corrected chi connectivity index (χ3v) is 6.66. The lowest BCUT2D eigenvalue weighted by atomic mass is 10.1. The first-order chi connectivity index (χ1) is 13.2. The second kappa shape index (κ2) is 9.49. The molecule has 1 amide bonds. The molecular weight excluding hydrogens is 384 g/mol. The highest BCUT2D eigenvalue weighted by Gasteiger charge is 2.44. The Morgan fingerprint density at radius 3 is 2.64 bits per heavy atom. The van der Waals surface area contributed by atoms with Crippen LogP contribution in [0, 0.1) is 13.8 Å². The zero-order valence-electron chi connectivity index (χ0n) is 16.5. The molecule has 1 aliphatic heterocycles. The molecule has 1 aromatic rings. The van der Waals surface area contributed by atoms with Crippen LogP contribution >= 0.6 is 0 Å². The number of nitrogens with zero attached hydrogens (tertiary/aromatic N) is 1. The van der Waals surface area contributed by atoms with E-state index in [1.165, 1.54) is 6.07 Å². The number of benzene rings is 1. The van der Waals surface area contributed by atoms with Crippen molar-refractivity contribution in [1.82, 2.24) is 9.62 Å². The number of β-amino-alcohol motifs (C(OH)–C–C–N with tert-alkyl or cyclic N) is 1. The van der Waals surface area contributed by atoms with Gasteiger partial charge in [-0.1, -0.05) is 19.4 Å². The average Bonchev–Trinajstić information content (AvgIpc) is 3.05. The Bertz CT molecular complexity index is 824. The van der Waals surface area contributed by atoms with Crippen LogP contribution in [0.1, 0.15) is 37.3 Å². The van der Waals surface area contributed by atoms with E-state index in [-0.39, 0.29) is 17.9 Å². The number of amides is 1. The lowest BCUT2D eigenvalue weighted by Gasteiger charge is -2.22. The van der Waals surface area contributed by atoms with Crippen molar-refractivity contribution in [3.05, 3.63) is 29.3 Å². The Balaban J connectivity index is 2.10. The van der Waals surface area contributed by atoms with Crippen molar-refractivity contribution in [2.24, 2.45) is 0 Å². The predicted octanol–water partition coefficient (Wildman–Crippen LogP) is 0.887. The zero-order chi connectivity index (χ0) is 20.9. The number of esters is 1. The molecule has 8 nitrogen and oxygen atoms in total. The second-order valence-electron chi connectivity index (χ2n) is 7.04. The second-order valence-corrected chi connectivity index (χ2v) is 8.93. The maximum atomic E-state index is 13.0. The highest BCUT2D eigenvalue weighted by Crippen LogP contribution is 2.28. The number of aliphatic hydroxyl groups excluding tert-OH is 1. The molecule has 0 aliphatic carbocycles. The van der Waals surface area contributed by atoms with Crippen LogP contribution in [0.2, 0.25) is 0 Å². The molecule has 1 heterocycles. The number of unbranched alkanes of at least 4 members (excludes halogenated alkanes) is 1. The van der Waals surface area contributed by atoms with Crippen molar-refractivity contribution in [2.45, 2.75) is 57.1 Å². The van der Waals surface area contributed by atoms with E-state index in [9.17, 15) is 23.1 Å². The predicted molar refractivity (Wildman–Crippen MR) is 103 cm³/mol. The Morgan fingerprint density at radius 2 is 2.00 bits per heavy atom. The molecule has 0 spiro atoms. The van der Waals surface area contributed by atoms with Gasteiger partial charge in [0.15, 0.2) is 6.61 Å². The summed E-state index contributed by atoms with van der Waals surface area (Å²) >= 11 is 0. The molecule has 1 unspecified atom stereocenters. The van der Waals surface area contributed by atoms with Gasteiger partial charge in [-0.2, -0.15) is 4.31 Å². The Labute approximate surface area is 165 Å². The zero-order valence-corrected chi connectivity index (χ0v) is 17.3. The van der Waals surface area contributed by atoms with Crippen LogP contribution in [0.3, 0.4) is 0 Å². The number of aryl methyl sites for hydroxylation is 2. The number of hydrogen-bond donors (Lipinski definition) is 2. The molecule has 0 radical (unpaired) electrons. The average molecular weight is 413 g/mol. The molecule has 156 valence electrons. The maximum absolute atomic E-state index is 13.0. The minimum absolute atomic E-state index is 0.0554. The lowest BCUT2D eigenvalue weighted by molar-refractivity contribution is -0.151. The molecule has 2 rings (SSSR count). The van der Waals surface area contributed by atoms with E-state index in [2.05, 4.69) is 5.32 Å². The number of hydrogen-bond acceptors (Lipinski definition) is 6. The van der Waals surface area contributed by atoms with Crippen LogP contribution in [0.15, 0.2) is 23.1 Å². The highest BCUT2D eigenvalue weighted by molar-refractivity contribution is 7.89. The van der Waals surface area contributed by atoms with Crippen LogP contribution in [0.25, 0.3) is 0 Å². The largest absolute Gasteiger partial charge is 0.454 e. The SMILES string of the molecule is CCCCNC(=O)COC(=O)[C@@H]1CC(O)CN1S(=O)(=O)c1ccc(C)c(C)c1. The van der Waals surface area contributed by atoms with Crippen molar-refractivity contribution in [1.29, 1.82) is 0 Å². The van der Waals surface area contributed by atoms with E-state index in [1.54, 1.807) is 19.1 Å². The van der Waals surface area contributed by atoms with Gasteiger partial charge in [0.2, 0.25) is 10.0 Å². The van der Waals surface area contributed by atoms with Crippen LogP contribution in [0.5, 0.6) is 0 Å². The number of rotatable bonds is 8. The molecule has 1 fully saturated rings. The maximum Gasteiger partial charge on any atom is 0.325 e. The first-order valence-corrected chi connectivity index (χ1v) is 10.8. The fourth-order valence-electron chi connectivity index (χ4n) is 2.96. The van der Waals surface area contributed by atoms with Gasteiger partial charge in [0.05, 0.1) is 11.0 Å². The Hall–Kier alpha value is -1.97. The summed E-state index contributed by atoms with van der Waals surface area (Å²) in [4.78, 5) is 24.2. The van der Waals surface area contributed by atoms with Crippen LogP contribution in [0.4, 0.5) is 0 Å². The Kier molecular flexibility index (Phi) is 7.56. The first-order valence-electron chi connectivity index (χ1n) is 9.37. The van der Waals surface area contributed by atoms with Gasteiger partial charge in [-0.15, -0.1) is 0 Å². The van der Waals surface area contributed by atoms with E-state index < -0.39 is 40.7 Å². The molecule has 0 saturated carbocycles. The topological polar surface area (TPSA) is 113 Å². The van der Waals surface area contributed by atoms with Gasteiger partial charge in [-0.05, 0) is 43.5 Å². The standard InChI is InChI=1S/C19H28N2O6S/c1-4-5-8-20-18(23)12-27-19(24)17-10-15(22)11-21(17)28(25,26)16-7-6-13(2)14(3)9-16/h6-7,9,15,17,22H,4-5,8,10-12H2,1-3H3,(H,20,23)/t15?,17-/m0/s1. The van der Waals surface area contributed by atoms with Gasteiger partial charge in [0.1, 0.15) is 6.04 Å². The van der Waals surface area contributed by atoms with Crippen molar-refractivity contribution in [2.75, 3.05) is 19.7 Å². The molecule has 2 N–H and O–H groups in total. The van der Waals surface area contributed by atoms with Crippen molar-refractivity contribution in [3.63, 3.8) is 0 Å². The van der Waals surface area contributed by atoms with Crippen molar-refractivity contribution < 1.29 is 27.9 Å². The monoisotopic (exact) mass is 412 g/mol. The normalized spacial score (nSPS) is 20.1. The molecule has 0 bridgehead atoms. The fraction of sp³-hybridized carbons (Fsp3) is 0.579. The molecule has 0 aromatic heterocycles. The highest BCUT2D eigenvalue weighted by atomic mass is 32.2. The van der Waals surface area contributed by atoms with Gasteiger partial charge in [0, 0.05) is 19.5 Å². The van der Waals surface area contributed by atoms with Gasteiger partial charge in [-0.3, -0.25) is 9.59 Å². The van der Waals surface area contributed by atoms with Crippen LogP contribution < -0.4 is 5.32 Å². The van der Waals surface area contributed by atoms with Crippen molar-refractivity contribution >= 4 is 21.9 Å². The minimum Gasteiger partial charge on any atom is -0.454 e. The van der Waals surface area contributed by atoms with Gasteiger partial charge < -0.3 is 15.2 Å². The van der Waals surface area contributed by atoms with E-state index in [0.29, 0.717) is 6.54 Å². The summed E-state index contributed by atoms with van der Waals surface area (Å²) < 4.78 is 32.0.